The van der Waals surface area contributed by atoms with Crippen molar-refractivity contribution in [3.05, 3.63) is 87.6 Å². The van der Waals surface area contributed by atoms with Gasteiger partial charge in [0.25, 0.3) is 11.8 Å². The van der Waals surface area contributed by atoms with E-state index in [1.807, 2.05) is 6.07 Å². The van der Waals surface area contributed by atoms with Crippen LogP contribution < -0.4 is 16.0 Å². The molecule has 0 aliphatic carbocycles. The quantitative estimate of drug-likeness (QED) is 0.495. The van der Waals surface area contributed by atoms with Crippen molar-refractivity contribution in [2.24, 2.45) is 0 Å². The van der Waals surface area contributed by atoms with Gasteiger partial charge < -0.3 is 16.0 Å². The zero-order valence-electron chi connectivity index (χ0n) is 17.4. The molecule has 4 N–H and O–H groups in total. The number of nitrogens with one attached hydrogen (secondary N) is 2. The first kappa shape index (κ1) is 21.7. The van der Waals surface area contributed by atoms with E-state index in [9.17, 15) is 9.59 Å². The monoisotopic (exact) mass is 422 g/mol. The Hall–Kier alpha value is -2.96. The Kier molecular flexibility index (Phi) is 7.76. The van der Waals surface area contributed by atoms with Gasteiger partial charge in [-0.1, -0.05) is 49.7 Å². The van der Waals surface area contributed by atoms with Crippen molar-refractivity contribution >= 4 is 28.8 Å². The van der Waals surface area contributed by atoms with E-state index < -0.39 is 0 Å². The van der Waals surface area contributed by atoms with E-state index in [2.05, 4.69) is 58.6 Å². The summed E-state index contributed by atoms with van der Waals surface area (Å²) in [6.45, 7) is 2.46. The topological polar surface area (TPSA) is 74.8 Å². The molecule has 156 valence electrons. The Bertz CT molecular complexity index is 968. The molecule has 2 aromatic carbocycles. The van der Waals surface area contributed by atoms with Crippen LogP contribution >= 0.6 is 11.3 Å². The van der Waals surface area contributed by atoms with Gasteiger partial charge in [-0.25, -0.2) is 0 Å². The molecule has 30 heavy (non-hydrogen) atoms. The highest BCUT2D eigenvalue weighted by Crippen LogP contribution is 2.23. The fourth-order valence-electron chi connectivity index (χ4n) is 3.38. The Labute approximate surface area is 181 Å². The average Bonchev–Trinajstić information content (AvgIpc) is 3.29. The summed E-state index contributed by atoms with van der Waals surface area (Å²) in [6.07, 6.45) is 2.20. The predicted molar refractivity (Wildman–Crippen MR) is 122 cm³/mol. The van der Waals surface area contributed by atoms with Crippen LogP contribution in [0.4, 0.5) is 5.69 Å². The molecule has 1 atom stereocenters. The highest BCUT2D eigenvalue weighted by Gasteiger charge is 2.20. The summed E-state index contributed by atoms with van der Waals surface area (Å²) in [4.78, 5) is 25.6. The lowest BCUT2D eigenvalue weighted by molar-refractivity contribution is -0.675. The van der Waals surface area contributed by atoms with Crippen molar-refractivity contribution in [3.8, 4) is 0 Å². The molecule has 3 aromatic rings. The van der Waals surface area contributed by atoms with Gasteiger partial charge in [0.1, 0.15) is 6.04 Å². The van der Waals surface area contributed by atoms with Crippen molar-refractivity contribution in [2.75, 3.05) is 18.9 Å². The van der Waals surface area contributed by atoms with E-state index >= 15 is 0 Å². The summed E-state index contributed by atoms with van der Waals surface area (Å²) in [5.41, 5.74) is 3.65. The first-order valence-corrected chi connectivity index (χ1v) is 11.1. The van der Waals surface area contributed by atoms with Gasteiger partial charge in [0, 0.05) is 23.9 Å². The van der Waals surface area contributed by atoms with Crippen molar-refractivity contribution in [1.82, 2.24) is 5.32 Å². The van der Waals surface area contributed by atoms with E-state index in [1.165, 1.54) is 16.0 Å². The molecule has 0 bridgehead atoms. The number of thiophene rings is 1. The number of rotatable bonds is 9. The minimum absolute atomic E-state index is 0.0728. The molecule has 0 saturated carbocycles. The Morgan fingerprint density at radius 3 is 2.53 bits per heavy atom. The van der Waals surface area contributed by atoms with Gasteiger partial charge >= 0.3 is 0 Å². The van der Waals surface area contributed by atoms with Crippen molar-refractivity contribution in [2.45, 2.75) is 25.8 Å². The molecule has 1 heterocycles. The maximum atomic E-state index is 12.6. The lowest BCUT2D eigenvalue weighted by atomic mass is 10.0. The molecule has 0 unspecified atom stereocenters. The van der Waals surface area contributed by atoms with Crippen LogP contribution in [0.1, 0.15) is 45.7 Å². The zero-order valence-corrected chi connectivity index (χ0v) is 18.2. The second-order valence-corrected chi connectivity index (χ2v) is 8.11. The van der Waals surface area contributed by atoms with Crippen LogP contribution in [-0.2, 0) is 11.2 Å². The maximum Gasteiger partial charge on any atom is 0.279 e. The van der Waals surface area contributed by atoms with Gasteiger partial charge in [-0.3, -0.25) is 9.59 Å². The number of hydrogen-bond acceptors (Lipinski definition) is 3. The van der Waals surface area contributed by atoms with Crippen molar-refractivity contribution in [3.63, 3.8) is 0 Å². The maximum absolute atomic E-state index is 12.6. The number of quaternary nitrogens is 1. The van der Waals surface area contributed by atoms with Crippen LogP contribution in [0.25, 0.3) is 0 Å². The molecule has 0 spiro atoms. The molecule has 5 nitrogen and oxygen atoms in total. The van der Waals surface area contributed by atoms with E-state index in [0.717, 1.165) is 12.8 Å². The van der Waals surface area contributed by atoms with Gasteiger partial charge in [-0.2, -0.15) is 0 Å². The van der Waals surface area contributed by atoms with E-state index in [4.69, 9.17) is 0 Å². The molecule has 0 aliphatic heterocycles. The minimum Gasteiger partial charge on any atom is -0.355 e. The first-order chi connectivity index (χ1) is 14.6. The molecule has 3 rings (SSSR count). The first-order valence-electron chi connectivity index (χ1n) is 10.2. The fourth-order valence-corrected chi connectivity index (χ4v) is 4.23. The highest BCUT2D eigenvalue weighted by molar-refractivity contribution is 7.10. The molecule has 0 saturated heterocycles. The van der Waals surface area contributed by atoms with Crippen LogP contribution in [-0.4, -0.2) is 25.4 Å². The summed E-state index contributed by atoms with van der Waals surface area (Å²) in [5, 5.41) is 9.60. The standard InChI is InChI=1S/C24H27N3O2S/c1-3-6-17-10-12-18(13-11-17)23(21-9-5-14-30-21)26-16-22(28)27-20-8-4-7-19(15-20)24(29)25-2/h4-5,7-15,23,26H,3,6,16H2,1-2H3,(H,25,29)(H,27,28)/p+1/t23-/m1/s1. The van der Waals surface area contributed by atoms with Gasteiger partial charge in [0.05, 0.1) is 4.88 Å². The molecule has 0 fully saturated rings. The van der Waals surface area contributed by atoms with Crippen molar-refractivity contribution in [1.29, 1.82) is 0 Å². The van der Waals surface area contributed by atoms with Crippen LogP contribution in [0, 0.1) is 0 Å². The minimum atomic E-state index is -0.179. The second-order valence-electron chi connectivity index (χ2n) is 7.13. The number of nitrogens with two attached hydrogens (primary N) is 1. The Balaban J connectivity index is 1.67. The summed E-state index contributed by atoms with van der Waals surface area (Å²) in [5.74, 6) is -0.282. The molecular formula is C24H28N3O2S+. The number of hydrogen-bond donors (Lipinski definition) is 3. The molecular weight excluding hydrogens is 394 g/mol. The number of carbonyl (C=O) groups is 2. The summed E-state index contributed by atoms with van der Waals surface area (Å²) >= 11 is 1.70. The Morgan fingerprint density at radius 1 is 1.07 bits per heavy atom. The van der Waals surface area contributed by atoms with Gasteiger partial charge in [0.15, 0.2) is 6.54 Å². The zero-order chi connectivity index (χ0) is 21.3. The fraction of sp³-hybridized carbons (Fsp3) is 0.250. The number of amides is 2. The molecule has 1 aromatic heterocycles. The van der Waals surface area contributed by atoms with E-state index in [1.54, 1.807) is 42.6 Å². The van der Waals surface area contributed by atoms with Gasteiger partial charge in [-0.05, 0) is 41.6 Å². The van der Waals surface area contributed by atoms with Crippen LogP contribution in [0.5, 0.6) is 0 Å². The summed E-state index contributed by atoms with van der Waals surface area (Å²) in [7, 11) is 1.59. The SMILES string of the molecule is CCCc1ccc([C@@H]([NH2+]CC(=O)Nc2cccc(C(=O)NC)c2)c2cccs2)cc1. The van der Waals surface area contributed by atoms with Crippen LogP contribution in [0.3, 0.4) is 0 Å². The number of aryl methyl sites for hydroxylation is 1. The van der Waals surface area contributed by atoms with Crippen LogP contribution in [0.15, 0.2) is 66.0 Å². The highest BCUT2D eigenvalue weighted by atomic mass is 32.1. The third-order valence-electron chi connectivity index (χ3n) is 4.90. The summed E-state index contributed by atoms with van der Waals surface area (Å²) in [6, 6.07) is 19.8. The number of anilines is 1. The normalized spacial score (nSPS) is 11.7. The lowest BCUT2D eigenvalue weighted by Gasteiger charge is -2.15. The van der Waals surface area contributed by atoms with E-state index in [-0.39, 0.29) is 24.4 Å². The van der Waals surface area contributed by atoms with Gasteiger partial charge in [-0.15, -0.1) is 11.3 Å². The van der Waals surface area contributed by atoms with E-state index in [0.29, 0.717) is 11.3 Å². The number of benzene rings is 2. The molecule has 2 amide bonds. The van der Waals surface area contributed by atoms with Gasteiger partial charge in [0.2, 0.25) is 0 Å². The number of carbonyl (C=O) groups excluding carboxylic acids is 2. The molecule has 6 heteroatoms. The lowest BCUT2D eigenvalue weighted by Crippen LogP contribution is -2.87. The Morgan fingerprint density at radius 2 is 1.87 bits per heavy atom. The molecule has 0 aliphatic rings. The third kappa shape index (κ3) is 5.78. The average molecular weight is 423 g/mol. The second kappa shape index (κ2) is 10.7. The van der Waals surface area contributed by atoms with Crippen molar-refractivity contribution < 1.29 is 14.9 Å². The molecule has 0 radical (unpaired) electrons. The summed E-state index contributed by atoms with van der Waals surface area (Å²) < 4.78 is 0. The van der Waals surface area contributed by atoms with Crippen LogP contribution in [0.2, 0.25) is 0 Å². The third-order valence-corrected chi connectivity index (χ3v) is 5.86. The largest absolute Gasteiger partial charge is 0.355 e. The predicted octanol–water partition coefficient (Wildman–Crippen LogP) is 3.35. The smallest absolute Gasteiger partial charge is 0.279 e.